The van der Waals surface area contributed by atoms with Crippen LogP contribution in [-0.2, 0) is 6.54 Å². The number of hydrazine groups is 1. The van der Waals surface area contributed by atoms with Gasteiger partial charge in [0.1, 0.15) is 5.82 Å². The highest BCUT2D eigenvalue weighted by molar-refractivity contribution is 5.93. The van der Waals surface area contributed by atoms with Crippen molar-refractivity contribution in [3.63, 3.8) is 0 Å². The predicted molar refractivity (Wildman–Crippen MR) is 83.1 cm³/mol. The van der Waals surface area contributed by atoms with Gasteiger partial charge in [0.15, 0.2) is 0 Å². The fourth-order valence-electron chi connectivity index (χ4n) is 2.38. The van der Waals surface area contributed by atoms with Crippen molar-refractivity contribution in [1.29, 1.82) is 0 Å². The largest absolute Gasteiger partial charge is 0.299 e. The summed E-state index contributed by atoms with van der Waals surface area (Å²) in [6.45, 7) is 8.71. The van der Waals surface area contributed by atoms with E-state index in [1.54, 1.807) is 6.07 Å². The Balaban J connectivity index is 2.86. The first-order valence-corrected chi connectivity index (χ1v) is 7.57. The van der Waals surface area contributed by atoms with Gasteiger partial charge in [-0.15, -0.1) is 0 Å². The van der Waals surface area contributed by atoms with Gasteiger partial charge in [-0.3, -0.25) is 15.1 Å². The number of carbonyl (C=O) groups is 1. The van der Waals surface area contributed by atoms with Crippen molar-refractivity contribution in [2.75, 3.05) is 13.1 Å². The van der Waals surface area contributed by atoms with Crippen molar-refractivity contribution < 1.29 is 9.18 Å². The summed E-state index contributed by atoms with van der Waals surface area (Å²) in [5.41, 5.74) is 2.98. The normalized spacial score (nSPS) is 11.2. The molecule has 0 unspecified atom stereocenters. The van der Waals surface area contributed by atoms with Gasteiger partial charge in [-0.1, -0.05) is 33.6 Å². The minimum atomic E-state index is -0.403. The number of hydrogen-bond acceptors (Lipinski definition) is 3. The molecule has 3 N–H and O–H groups in total. The lowest BCUT2D eigenvalue weighted by molar-refractivity contribution is 0.0953. The van der Waals surface area contributed by atoms with E-state index in [2.05, 4.69) is 31.1 Å². The number of nitrogens with one attached hydrogen (secondary N) is 1. The van der Waals surface area contributed by atoms with Crippen molar-refractivity contribution in [2.24, 2.45) is 11.8 Å². The van der Waals surface area contributed by atoms with Crippen LogP contribution < -0.4 is 11.3 Å². The number of nitrogens with zero attached hydrogens (tertiary/aromatic N) is 1. The van der Waals surface area contributed by atoms with Crippen LogP contribution in [0.25, 0.3) is 0 Å². The molecule has 0 spiro atoms. The molecule has 5 heteroatoms. The van der Waals surface area contributed by atoms with Crippen LogP contribution in [0.15, 0.2) is 18.2 Å². The molecule has 0 aliphatic heterocycles. The summed E-state index contributed by atoms with van der Waals surface area (Å²) < 4.78 is 13.9. The Morgan fingerprint density at radius 1 is 1.33 bits per heavy atom. The molecule has 21 heavy (non-hydrogen) atoms. The number of hydrogen-bond donors (Lipinski definition) is 2. The van der Waals surface area contributed by atoms with E-state index in [1.807, 2.05) is 0 Å². The molecule has 0 aromatic heterocycles. The quantitative estimate of drug-likeness (QED) is 0.440. The summed E-state index contributed by atoms with van der Waals surface area (Å²) in [6.07, 6.45) is 2.23. The van der Waals surface area contributed by atoms with E-state index < -0.39 is 5.91 Å². The van der Waals surface area contributed by atoms with Crippen LogP contribution in [0.2, 0.25) is 0 Å². The molecule has 118 valence electrons. The van der Waals surface area contributed by atoms with Crippen molar-refractivity contribution in [2.45, 2.75) is 40.2 Å². The molecule has 0 heterocycles. The fraction of sp³-hybridized carbons (Fsp3) is 0.562. The predicted octanol–water partition coefficient (Wildman–Crippen LogP) is 2.69. The van der Waals surface area contributed by atoms with Crippen LogP contribution in [0.1, 0.15) is 49.5 Å². The van der Waals surface area contributed by atoms with Gasteiger partial charge >= 0.3 is 0 Å². The van der Waals surface area contributed by atoms with E-state index in [4.69, 9.17) is 5.84 Å². The molecule has 1 amide bonds. The average molecular weight is 295 g/mol. The van der Waals surface area contributed by atoms with Crippen LogP contribution in [0.4, 0.5) is 4.39 Å². The number of carbonyl (C=O) groups excluding carboxylic acids is 1. The maximum absolute atomic E-state index is 13.9. The number of amides is 1. The lowest BCUT2D eigenvalue weighted by Crippen LogP contribution is -2.31. The monoisotopic (exact) mass is 295 g/mol. The summed E-state index contributed by atoms with van der Waals surface area (Å²) in [5, 5.41) is 0. The highest BCUT2D eigenvalue weighted by Gasteiger charge is 2.14. The van der Waals surface area contributed by atoms with Crippen molar-refractivity contribution in [3.8, 4) is 0 Å². The van der Waals surface area contributed by atoms with Crippen molar-refractivity contribution >= 4 is 5.91 Å². The zero-order chi connectivity index (χ0) is 15.8. The van der Waals surface area contributed by atoms with E-state index in [0.29, 0.717) is 23.6 Å². The average Bonchev–Trinajstić information content (AvgIpc) is 2.52. The van der Waals surface area contributed by atoms with Gasteiger partial charge in [0.25, 0.3) is 5.91 Å². The third-order valence-electron chi connectivity index (χ3n) is 3.95. The maximum atomic E-state index is 13.9. The second kappa shape index (κ2) is 8.74. The van der Waals surface area contributed by atoms with Crippen molar-refractivity contribution in [3.05, 3.63) is 35.1 Å². The zero-order valence-corrected chi connectivity index (χ0v) is 13.2. The maximum Gasteiger partial charge on any atom is 0.265 e. The van der Waals surface area contributed by atoms with Gasteiger partial charge in [-0.05, 0) is 30.7 Å². The number of nitrogen functional groups attached to an aromatic ring is 1. The molecule has 0 bridgehead atoms. The first-order valence-electron chi connectivity index (χ1n) is 7.57. The minimum absolute atomic E-state index is 0.286. The zero-order valence-electron chi connectivity index (χ0n) is 13.2. The summed E-state index contributed by atoms with van der Waals surface area (Å²) in [5.74, 6) is 5.04. The number of rotatable bonds is 8. The smallest absolute Gasteiger partial charge is 0.265 e. The second-order valence-corrected chi connectivity index (χ2v) is 5.29. The molecule has 1 aromatic rings. The molecule has 0 aliphatic carbocycles. The first kappa shape index (κ1) is 17.6. The molecule has 0 aliphatic rings. The van der Waals surface area contributed by atoms with Gasteiger partial charge < -0.3 is 0 Å². The Bertz CT molecular complexity index is 461. The van der Waals surface area contributed by atoms with Gasteiger partial charge in [0.05, 0.1) is 0 Å². The minimum Gasteiger partial charge on any atom is -0.299 e. The van der Waals surface area contributed by atoms with E-state index >= 15 is 0 Å². The highest BCUT2D eigenvalue weighted by atomic mass is 19.1. The molecule has 0 fully saturated rings. The molecule has 1 aromatic carbocycles. The number of halogens is 1. The molecular weight excluding hydrogens is 269 g/mol. The number of nitrogens with two attached hydrogens (primary N) is 1. The fourth-order valence-corrected chi connectivity index (χ4v) is 2.38. The summed E-state index contributed by atoms with van der Waals surface area (Å²) >= 11 is 0. The van der Waals surface area contributed by atoms with E-state index in [0.717, 1.165) is 25.9 Å². The van der Waals surface area contributed by atoms with Gasteiger partial charge in [-0.2, -0.15) is 0 Å². The second-order valence-electron chi connectivity index (χ2n) is 5.29. The van der Waals surface area contributed by atoms with Crippen LogP contribution in [0.3, 0.4) is 0 Å². The van der Waals surface area contributed by atoms with Gasteiger partial charge in [0.2, 0.25) is 0 Å². The third-order valence-corrected chi connectivity index (χ3v) is 3.95. The Kier molecular flexibility index (Phi) is 7.32. The summed E-state index contributed by atoms with van der Waals surface area (Å²) in [7, 11) is 0. The first-order chi connectivity index (χ1) is 10.0. The topological polar surface area (TPSA) is 58.4 Å². The van der Waals surface area contributed by atoms with Crippen LogP contribution >= 0.6 is 0 Å². The van der Waals surface area contributed by atoms with E-state index in [9.17, 15) is 9.18 Å². The Labute approximate surface area is 126 Å². The molecule has 0 atom stereocenters. The Hall–Kier alpha value is -1.46. The van der Waals surface area contributed by atoms with Gasteiger partial charge in [-0.25, -0.2) is 10.2 Å². The third kappa shape index (κ3) is 5.10. The Morgan fingerprint density at radius 3 is 2.52 bits per heavy atom. The lowest BCUT2D eigenvalue weighted by Gasteiger charge is -2.25. The van der Waals surface area contributed by atoms with E-state index in [1.165, 1.54) is 12.1 Å². The molecule has 0 saturated carbocycles. The summed E-state index contributed by atoms with van der Waals surface area (Å²) in [6, 6.07) is 4.34. The SMILES string of the molecule is CCC(CC)CN(CC)Cc1cc(C(=O)NN)ccc1F. The van der Waals surface area contributed by atoms with E-state index in [-0.39, 0.29) is 5.82 Å². The Morgan fingerprint density at radius 2 is 2.00 bits per heavy atom. The van der Waals surface area contributed by atoms with Crippen LogP contribution in [0.5, 0.6) is 0 Å². The highest BCUT2D eigenvalue weighted by Crippen LogP contribution is 2.16. The molecule has 0 saturated heterocycles. The molecule has 4 nitrogen and oxygen atoms in total. The standard InChI is InChI=1S/C16H26FN3O/c1-4-12(5-2)10-20(6-3)11-14-9-13(16(21)19-18)7-8-15(14)17/h7-9,12H,4-6,10-11,18H2,1-3H3,(H,19,21). The molecular formula is C16H26FN3O. The summed E-state index contributed by atoms with van der Waals surface area (Å²) in [4.78, 5) is 13.7. The molecule has 0 radical (unpaired) electrons. The lowest BCUT2D eigenvalue weighted by atomic mass is 10.0. The molecule has 1 rings (SSSR count). The van der Waals surface area contributed by atoms with Gasteiger partial charge in [0, 0.05) is 24.2 Å². The van der Waals surface area contributed by atoms with Crippen LogP contribution in [-0.4, -0.2) is 23.9 Å². The van der Waals surface area contributed by atoms with Crippen LogP contribution in [0, 0.1) is 11.7 Å². The van der Waals surface area contributed by atoms with Crippen molar-refractivity contribution in [1.82, 2.24) is 10.3 Å². The number of benzene rings is 1.